The van der Waals surface area contributed by atoms with Gasteiger partial charge in [0, 0.05) is 52.2 Å². The molecule has 2 heterocycles. The molecule has 1 saturated heterocycles. The standard InChI is InChI=1S/C16H22N4O/c1-18-8-7-17-16(18)20-11-9-19(10-12-20)13-15(21)14-5-3-2-4-6-14/h2-8,15,21H,9-13H2,1H3. The number of hydrogen-bond donors (Lipinski definition) is 1. The van der Waals surface area contributed by atoms with Crippen molar-refractivity contribution in [3.05, 3.63) is 48.3 Å². The van der Waals surface area contributed by atoms with Crippen LogP contribution in [0.4, 0.5) is 5.95 Å². The second kappa shape index (κ2) is 6.28. The molecule has 2 aromatic rings. The minimum absolute atomic E-state index is 0.411. The second-order valence-electron chi connectivity index (χ2n) is 5.55. The van der Waals surface area contributed by atoms with Crippen LogP contribution in [0.1, 0.15) is 11.7 Å². The lowest BCUT2D eigenvalue weighted by Gasteiger charge is -2.36. The van der Waals surface area contributed by atoms with Gasteiger partial charge in [-0.1, -0.05) is 30.3 Å². The van der Waals surface area contributed by atoms with E-state index >= 15 is 0 Å². The lowest BCUT2D eigenvalue weighted by atomic mass is 10.1. The fourth-order valence-electron chi connectivity index (χ4n) is 2.82. The van der Waals surface area contributed by atoms with Crippen LogP contribution in [0.3, 0.4) is 0 Å². The molecule has 1 N–H and O–H groups in total. The van der Waals surface area contributed by atoms with Gasteiger partial charge in [-0.15, -0.1) is 0 Å². The van der Waals surface area contributed by atoms with Crippen molar-refractivity contribution in [1.82, 2.24) is 14.5 Å². The predicted octanol–water partition coefficient (Wildman–Crippen LogP) is 1.28. The topological polar surface area (TPSA) is 44.5 Å². The SMILES string of the molecule is Cn1ccnc1N1CCN(CC(O)c2ccccc2)CC1. The highest BCUT2D eigenvalue weighted by Crippen LogP contribution is 2.17. The summed E-state index contributed by atoms with van der Waals surface area (Å²) in [5, 5.41) is 10.3. The van der Waals surface area contributed by atoms with Crippen LogP contribution in [0.2, 0.25) is 0 Å². The van der Waals surface area contributed by atoms with E-state index in [-0.39, 0.29) is 0 Å². The van der Waals surface area contributed by atoms with E-state index in [0.717, 1.165) is 37.7 Å². The summed E-state index contributed by atoms with van der Waals surface area (Å²) >= 11 is 0. The molecule has 5 heteroatoms. The molecular weight excluding hydrogens is 264 g/mol. The fourth-order valence-corrected chi connectivity index (χ4v) is 2.82. The molecule has 0 amide bonds. The number of β-amino-alcohol motifs (C(OH)–C–C–N with tert-alkyl or cyclic N) is 1. The number of piperazine rings is 1. The van der Waals surface area contributed by atoms with E-state index in [2.05, 4.69) is 19.4 Å². The monoisotopic (exact) mass is 286 g/mol. The number of nitrogens with zero attached hydrogens (tertiary/aromatic N) is 4. The molecule has 1 atom stereocenters. The van der Waals surface area contributed by atoms with Crippen molar-refractivity contribution in [3.8, 4) is 0 Å². The molecule has 112 valence electrons. The van der Waals surface area contributed by atoms with Crippen molar-refractivity contribution >= 4 is 5.95 Å². The number of aryl methyl sites for hydroxylation is 1. The van der Waals surface area contributed by atoms with Crippen LogP contribution in [0.5, 0.6) is 0 Å². The smallest absolute Gasteiger partial charge is 0.205 e. The van der Waals surface area contributed by atoms with Gasteiger partial charge in [0.2, 0.25) is 5.95 Å². The molecule has 3 rings (SSSR count). The fraction of sp³-hybridized carbons (Fsp3) is 0.438. The largest absolute Gasteiger partial charge is 0.387 e. The van der Waals surface area contributed by atoms with Crippen LogP contribution < -0.4 is 4.90 Å². The van der Waals surface area contributed by atoms with Crippen molar-refractivity contribution in [3.63, 3.8) is 0 Å². The maximum atomic E-state index is 10.3. The Kier molecular flexibility index (Phi) is 4.22. The van der Waals surface area contributed by atoms with Crippen molar-refractivity contribution in [2.45, 2.75) is 6.10 Å². The number of aromatic nitrogens is 2. The van der Waals surface area contributed by atoms with Crippen LogP contribution in [0, 0.1) is 0 Å². The molecule has 0 bridgehead atoms. The van der Waals surface area contributed by atoms with Gasteiger partial charge in [-0.2, -0.15) is 0 Å². The summed E-state index contributed by atoms with van der Waals surface area (Å²) in [5.74, 6) is 1.03. The molecule has 1 unspecified atom stereocenters. The van der Waals surface area contributed by atoms with Crippen LogP contribution >= 0.6 is 0 Å². The zero-order valence-electron chi connectivity index (χ0n) is 12.4. The van der Waals surface area contributed by atoms with Crippen molar-refractivity contribution < 1.29 is 5.11 Å². The maximum absolute atomic E-state index is 10.3. The lowest BCUT2D eigenvalue weighted by molar-refractivity contribution is 0.109. The first-order chi connectivity index (χ1) is 10.2. The molecule has 1 aliphatic heterocycles. The van der Waals surface area contributed by atoms with Crippen LogP contribution in [0.25, 0.3) is 0 Å². The summed E-state index contributed by atoms with van der Waals surface area (Å²) in [6.07, 6.45) is 3.40. The van der Waals surface area contributed by atoms with E-state index in [9.17, 15) is 5.11 Å². The summed E-state index contributed by atoms with van der Waals surface area (Å²) in [6, 6.07) is 9.88. The Morgan fingerprint density at radius 3 is 2.48 bits per heavy atom. The van der Waals surface area contributed by atoms with E-state index in [1.54, 1.807) is 0 Å². The number of imidazole rings is 1. The van der Waals surface area contributed by atoms with Gasteiger partial charge in [-0.25, -0.2) is 4.98 Å². The Bertz CT molecular complexity index is 561. The van der Waals surface area contributed by atoms with Crippen molar-refractivity contribution in [2.75, 3.05) is 37.6 Å². The Morgan fingerprint density at radius 1 is 1.14 bits per heavy atom. The summed E-state index contributed by atoms with van der Waals surface area (Å²) < 4.78 is 2.05. The number of aliphatic hydroxyl groups excluding tert-OH is 1. The van der Waals surface area contributed by atoms with Gasteiger partial charge in [0.1, 0.15) is 0 Å². The van der Waals surface area contributed by atoms with Gasteiger partial charge in [0.05, 0.1) is 6.10 Å². The Balaban J connectivity index is 1.53. The normalized spacial score (nSPS) is 17.9. The van der Waals surface area contributed by atoms with Gasteiger partial charge < -0.3 is 14.6 Å². The molecule has 1 aromatic heterocycles. The summed E-state index contributed by atoms with van der Waals surface area (Å²) in [6.45, 7) is 4.50. The molecular formula is C16H22N4O. The van der Waals surface area contributed by atoms with E-state index in [0.29, 0.717) is 6.54 Å². The molecule has 21 heavy (non-hydrogen) atoms. The van der Waals surface area contributed by atoms with Crippen LogP contribution in [0.15, 0.2) is 42.7 Å². The van der Waals surface area contributed by atoms with Gasteiger partial charge in [-0.05, 0) is 5.56 Å². The van der Waals surface area contributed by atoms with Crippen molar-refractivity contribution in [1.29, 1.82) is 0 Å². The number of benzene rings is 1. The maximum Gasteiger partial charge on any atom is 0.205 e. The van der Waals surface area contributed by atoms with Gasteiger partial charge >= 0.3 is 0 Å². The van der Waals surface area contributed by atoms with E-state index < -0.39 is 6.10 Å². The number of rotatable bonds is 4. The number of anilines is 1. The third kappa shape index (κ3) is 3.25. The summed E-state index contributed by atoms with van der Waals surface area (Å²) in [5.41, 5.74) is 0.990. The third-order valence-electron chi connectivity index (χ3n) is 4.07. The molecule has 5 nitrogen and oxygen atoms in total. The zero-order chi connectivity index (χ0) is 14.7. The Labute approximate surface area is 125 Å². The molecule has 0 saturated carbocycles. The Morgan fingerprint density at radius 2 is 1.86 bits per heavy atom. The zero-order valence-corrected chi connectivity index (χ0v) is 12.4. The average molecular weight is 286 g/mol. The molecule has 1 fully saturated rings. The average Bonchev–Trinajstić information content (AvgIpc) is 2.95. The first-order valence-corrected chi connectivity index (χ1v) is 7.41. The van der Waals surface area contributed by atoms with E-state index in [1.165, 1.54) is 0 Å². The van der Waals surface area contributed by atoms with Gasteiger partial charge in [0.15, 0.2) is 0 Å². The molecule has 1 aromatic carbocycles. The number of hydrogen-bond acceptors (Lipinski definition) is 4. The first kappa shape index (κ1) is 14.1. The Hall–Kier alpha value is -1.85. The molecule has 1 aliphatic rings. The van der Waals surface area contributed by atoms with E-state index in [4.69, 9.17) is 0 Å². The van der Waals surface area contributed by atoms with Crippen LogP contribution in [-0.2, 0) is 7.05 Å². The lowest BCUT2D eigenvalue weighted by Crippen LogP contribution is -2.48. The molecule has 0 radical (unpaired) electrons. The summed E-state index contributed by atoms with van der Waals surface area (Å²) in [7, 11) is 2.02. The third-order valence-corrected chi connectivity index (χ3v) is 4.07. The molecule has 0 spiro atoms. The quantitative estimate of drug-likeness (QED) is 0.919. The summed E-state index contributed by atoms with van der Waals surface area (Å²) in [4.78, 5) is 9.01. The van der Waals surface area contributed by atoms with E-state index in [1.807, 2.05) is 49.8 Å². The van der Waals surface area contributed by atoms with Crippen molar-refractivity contribution in [2.24, 2.45) is 7.05 Å². The highest BCUT2D eigenvalue weighted by molar-refractivity contribution is 5.31. The first-order valence-electron chi connectivity index (χ1n) is 7.41. The highest BCUT2D eigenvalue weighted by Gasteiger charge is 2.21. The second-order valence-corrected chi connectivity index (χ2v) is 5.55. The number of aliphatic hydroxyl groups is 1. The van der Waals surface area contributed by atoms with Gasteiger partial charge in [0.25, 0.3) is 0 Å². The van der Waals surface area contributed by atoms with Gasteiger partial charge in [-0.3, -0.25) is 4.90 Å². The minimum atomic E-state index is -0.411. The molecule has 0 aliphatic carbocycles. The highest BCUT2D eigenvalue weighted by atomic mass is 16.3. The minimum Gasteiger partial charge on any atom is -0.387 e. The van der Waals surface area contributed by atoms with Crippen LogP contribution in [-0.4, -0.2) is 52.3 Å². The predicted molar refractivity (Wildman–Crippen MR) is 83.3 cm³/mol.